The quantitative estimate of drug-likeness (QED) is 0.301. The van der Waals surface area contributed by atoms with E-state index in [1.54, 1.807) is 30.3 Å². The van der Waals surface area contributed by atoms with Gasteiger partial charge in [0.15, 0.2) is 0 Å². The van der Waals surface area contributed by atoms with E-state index in [2.05, 4.69) is 5.32 Å². The number of benzene rings is 3. The van der Waals surface area contributed by atoms with Gasteiger partial charge in [0, 0.05) is 12.6 Å². The summed E-state index contributed by atoms with van der Waals surface area (Å²) in [6.07, 6.45) is 4.32. The predicted molar refractivity (Wildman–Crippen MR) is 160 cm³/mol. The van der Waals surface area contributed by atoms with Crippen LogP contribution < -0.4 is 14.4 Å². The van der Waals surface area contributed by atoms with Gasteiger partial charge in [-0.25, -0.2) is 8.42 Å². The van der Waals surface area contributed by atoms with Crippen LogP contribution in [0.15, 0.2) is 83.8 Å². The first-order valence-electron chi connectivity index (χ1n) is 13.8. The molecule has 10 heteroatoms. The lowest BCUT2D eigenvalue weighted by Gasteiger charge is -2.33. The average molecular weight is 598 g/mol. The number of nitrogens with zero attached hydrogens (tertiary/aromatic N) is 2. The summed E-state index contributed by atoms with van der Waals surface area (Å²) in [7, 11) is -2.71. The molecule has 1 aliphatic rings. The van der Waals surface area contributed by atoms with Crippen molar-refractivity contribution in [3.05, 3.63) is 89.4 Å². The Morgan fingerprint density at radius 1 is 1.00 bits per heavy atom. The summed E-state index contributed by atoms with van der Waals surface area (Å²) in [5, 5.41) is 3.32. The number of carbonyl (C=O) groups excluding carboxylic acids is 2. The molecule has 1 atom stereocenters. The van der Waals surface area contributed by atoms with Gasteiger partial charge in [-0.2, -0.15) is 0 Å². The first-order chi connectivity index (χ1) is 19.7. The monoisotopic (exact) mass is 597 g/mol. The Kier molecular flexibility index (Phi) is 10.3. The lowest BCUT2D eigenvalue weighted by molar-refractivity contribution is -0.140. The first-order valence-corrected chi connectivity index (χ1v) is 15.6. The lowest BCUT2D eigenvalue weighted by atomic mass is 10.1. The number of hydrogen-bond donors (Lipinski definition) is 1. The Labute approximate surface area is 247 Å². The second-order valence-corrected chi connectivity index (χ2v) is 12.3. The SMILES string of the molecule is CCC(C(=O)NC1CCCC1)N(Cc1ccccc1)C(=O)CN(c1ccc(OC)c(Cl)c1)S(=O)(=O)c1ccccc1. The molecule has 8 nitrogen and oxygen atoms in total. The third kappa shape index (κ3) is 7.40. The summed E-state index contributed by atoms with van der Waals surface area (Å²) in [5.74, 6) is -0.360. The van der Waals surface area contributed by atoms with Crippen LogP contribution in [0.25, 0.3) is 0 Å². The molecule has 0 aliphatic heterocycles. The molecule has 0 heterocycles. The highest BCUT2D eigenvalue weighted by Gasteiger charge is 2.34. The standard InChI is InChI=1S/C31H36ClN3O5S/c1-3-28(31(37)33-24-14-10-11-15-24)34(21-23-12-6-4-7-13-23)30(36)22-35(25-18-19-29(40-2)27(32)20-25)41(38,39)26-16-8-5-9-17-26/h4-9,12-13,16-20,24,28H,3,10-11,14-15,21-22H2,1-2H3,(H,33,37). The maximum atomic E-state index is 14.1. The fourth-order valence-electron chi connectivity index (χ4n) is 5.13. The molecule has 0 spiro atoms. The van der Waals surface area contributed by atoms with Gasteiger partial charge in [-0.15, -0.1) is 0 Å². The number of amides is 2. The highest BCUT2D eigenvalue weighted by atomic mass is 35.5. The van der Waals surface area contributed by atoms with Gasteiger partial charge in [0.1, 0.15) is 18.3 Å². The van der Waals surface area contributed by atoms with Crippen LogP contribution >= 0.6 is 11.6 Å². The lowest BCUT2D eigenvalue weighted by Crippen LogP contribution is -2.53. The second kappa shape index (κ2) is 13.9. The molecule has 1 unspecified atom stereocenters. The molecule has 1 saturated carbocycles. The molecule has 3 aromatic rings. The van der Waals surface area contributed by atoms with Crippen molar-refractivity contribution in [1.29, 1.82) is 0 Å². The predicted octanol–water partition coefficient (Wildman–Crippen LogP) is 5.41. The Balaban J connectivity index is 1.72. The number of sulfonamides is 1. The molecule has 0 radical (unpaired) electrons. The van der Waals surface area contributed by atoms with Crippen LogP contribution in [0.5, 0.6) is 5.75 Å². The van der Waals surface area contributed by atoms with Crippen LogP contribution in [0.2, 0.25) is 5.02 Å². The summed E-state index contributed by atoms with van der Waals surface area (Å²) < 4.78 is 34.1. The number of methoxy groups -OCH3 is 1. The second-order valence-electron chi connectivity index (χ2n) is 10.1. The van der Waals surface area contributed by atoms with E-state index in [1.807, 2.05) is 37.3 Å². The minimum atomic E-state index is -4.18. The maximum Gasteiger partial charge on any atom is 0.264 e. The summed E-state index contributed by atoms with van der Waals surface area (Å²) in [5.41, 5.74) is 1.04. The van der Waals surface area contributed by atoms with Crippen LogP contribution in [-0.4, -0.2) is 50.9 Å². The van der Waals surface area contributed by atoms with Gasteiger partial charge in [0.2, 0.25) is 11.8 Å². The zero-order valence-corrected chi connectivity index (χ0v) is 24.9. The van der Waals surface area contributed by atoms with Gasteiger partial charge >= 0.3 is 0 Å². The Morgan fingerprint density at radius 2 is 1.63 bits per heavy atom. The highest BCUT2D eigenvalue weighted by molar-refractivity contribution is 7.92. The molecule has 41 heavy (non-hydrogen) atoms. The zero-order chi connectivity index (χ0) is 29.4. The van der Waals surface area contributed by atoms with E-state index in [9.17, 15) is 18.0 Å². The largest absolute Gasteiger partial charge is 0.495 e. The van der Waals surface area contributed by atoms with Crippen LogP contribution in [0.1, 0.15) is 44.6 Å². The molecule has 0 aromatic heterocycles. The van der Waals surface area contributed by atoms with E-state index in [4.69, 9.17) is 16.3 Å². The summed E-state index contributed by atoms with van der Waals surface area (Å²) in [6.45, 7) is 1.48. The molecule has 1 fully saturated rings. The normalized spacial score (nSPS) is 14.3. The van der Waals surface area contributed by atoms with Crippen LogP contribution in [-0.2, 0) is 26.2 Å². The highest BCUT2D eigenvalue weighted by Crippen LogP contribution is 2.32. The minimum absolute atomic E-state index is 0.0281. The van der Waals surface area contributed by atoms with Crippen molar-refractivity contribution in [2.75, 3.05) is 18.0 Å². The Hall–Kier alpha value is -3.56. The van der Waals surface area contributed by atoms with E-state index in [0.717, 1.165) is 35.6 Å². The number of anilines is 1. The van der Waals surface area contributed by atoms with Crippen molar-refractivity contribution in [2.45, 2.75) is 62.6 Å². The fourth-order valence-corrected chi connectivity index (χ4v) is 6.80. The molecule has 1 aliphatic carbocycles. The van der Waals surface area contributed by atoms with Gasteiger partial charge in [0.05, 0.1) is 22.7 Å². The molecular formula is C31H36ClN3O5S. The minimum Gasteiger partial charge on any atom is -0.495 e. The van der Waals surface area contributed by atoms with Crippen molar-refractivity contribution >= 4 is 39.1 Å². The number of hydrogen-bond acceptors (Lipinski definition) is 5. The summed E-state index contributed by atoms with van der Waals surface area (Å²) in [6, 6.07) is 21.1. The van der Waals surface area contributed by atoms with Gasteiger partial charge in [-0.3, -0.25) is 13.9 Å². The van der Waals surface area contributed by atoms with Crippen molar-refractivity contribution in [1.82, 2.24) is 10.2 Å². The van der Waals surface area contributed by atoms with Crippen LogP contribution in [0.4, 0.5) is 5.69 Å². The Morgan fingerprint density at radius 3 is 2.22 bits per heavy atom. The van der Waals surface area contributed by atoms with Gasteiger partial charge in [-0.1, -0.05) is 79.9 Å². The third-order valence-electron chi connectivity index (χ3n) is 7.32. The summed E-state index contributed by atoms with van der Waals surface area (Å²) in [4.78, 5) is 29.1. The number of halogens is 1. The molecule has 1 N–H and O–H groups in total. The average Bonchev–Trinajstić information content (AvgIpc) is 3.49. The van der Waals surface area contributed by atoms with E-state index in [-0.39, 0.29) is 34.1 Å². The van der Waals surface area contributed by atoms with Crippen LogP contribution in [0, 0.1) is 0 Å². The number of ether oxygens (including phenoxy) is 1. The van der Waals surface area contributed by atoms with E-state index >= 15 is 0 Å². The van der Waals surface area contributed by atoms with Gasteiger partial charge in [0.25, 0.3) is 10.0 Å². The van der Waals surface area contributed by atoms with Crippen molar-refractivity contribution in [3.8, 4) is 5.75 Å². The van der Waals surface area contributed by atoms with Gasteiger partial charge < -0.3 is 15.0 Å². The third-order valence-corrected chi connectivity index (χ3v) is 9.40. The molecule has 0 bridgehead atoms. The smallest absolute Gasteiger partial charge is 0.264 e. The van der Waals surface area contributed by atoms with Gasteiger partial charge in [-0.05, 0) is 55.2 Å². The van der Waals surface area contributed by atoms with E-state index in [1.165, 1.54) is 30.2 Å². The molecule has 3 aromatic carbocycles. The number of nitrogens with one attached hydrogen (secondary N) is 1. The molecule has 218 valence electrons. The first kappa shape index (κ1) is 30.4. The van der Waals surface area contributed by atoms with Crippen molar-refractivity contribution in [3.63, 3.8) is 0 Å². The molecule has 2 amide bonds. The molecular weight excluding hydrogens is 562 g/mol. The zero-order valence-electron chi connectivity index (χ0n) is 23.3. The van der Waals surface area contributed by atoms with Crippen molar-refractivity contribution < 1.29 is 22.7 Å². The fraction of sp³-hybridized carbons (Fsp3) is 0.355. The van der Waals surface area contributed by atoms with E-state index in [0.29, 0.717) is 12.2 Å². The number of carbonyl (C=O) groups is 2. The summed E-state index contributed by atoms with van der Waals surface area (Å²) >= 11 is 6.38. The molecule has 4 rings (SSSR count). The van der Waals surface area contributed by atoms with Crippen LogP contribution in [0.3, 0.4) is 0 Å². The topological polar surface area (TPSA) is 96.0 Å². The molecule has 0 saturated heterocycles. The maximum absolute atomic E-state index is 14.1. The van der Waals surface area contributed by atoms with Crippen molar-refractivity contribution in [2.24, 2.45) is 0 Å². The van der Waals surface area contributed by atoms with E-state index < -0.39 is 28.5 Å². The number of rotatable bonds is 12. The Bertz CT molecular complexity index is 1430.